The van der Waals surface area contributed by atoms with Crippen LogP contribution in [0.1, 0.15) is 52.8 Å². The predicted octanol–water partition coefficient (Wildman–Crippen LogP) is 4.65. The third kappa shape index (κ3) is 4.58. The summed E-state index contributed by atoms with van der Waals surface area (Å²) in [6.07, 6.45) is 1.74. The average molecular weight is 314 g/mol. The van der Waals surface area contributed by atoms with Crippen LogP contribution < -0.4 is 10.6 Å². The Kier molecular flexibility index (Phi) is 4.50. The molecule has 2 amide bonds. The Hall–Kier alpha value is -2.30. The van der Waals surface area contributed by atoms with Gasteiger partial charge in [-0.2, -0.15) is 0 Å². The van der Waals surface area contributed by atoms with Gasteiger partial charge in [0.15, 0.2) is 0 Å². The minimum Gasteiger partial charge on any atom is -0.327 e. The van der Waals surface area contributed by atoms with Gasteiger partial charge in [0.05, 0.1) is 6.20 Å². The molecule has 124 valence electrons. The number of carbonyl (C=O) groups is 1. The molecule has 0 saturated heterocycles. The summed E-state index contributed by atoms with van der Waals surface area (Å²) < 4.78 is 0. The van der Waals surface area contributed by atoms with Crippen LogP contribution in [0.5, 0.6) is 0 Å². The van der Waals surface area contributed by atoms with Crippen LogP contribution >= 0.6 is 0 Å². The number of urea groups is 1. The van der Waals surface area contributed by atoms with E-state index in [0.717, 1.165) is 11.4 Å². The number of aromatic nitrogens is 2. The Morgan fingerprint density at radius 2 is 1.57 bits per heavy atom. The van der Waals surface area contributed by atoms with E-state index in [0.29, 0.717) is 5.95 Å². The van der Waals surface area contributed by atoms with E-state index in [2.05, 4.69) is 62.1 Å². The highest BCUT2D eigenvalue weighted by Crippen LogP contribution is 2.24. The van der Waals surface area contributed by atoms with Gasteiger partial charge in [-0.1, -0.05) is 53.7 Å². The number of rotatable bonds is 2. The molecule has 23 heavy (non-hydrogen) atoms. The summed E-state index contributed by atoms with van der Waals surface area (Å²) in [5, 5.41) is 5.52. The Bertz CT molecular complexity index is 672. The molecule has 1 heterocycles. The topological polar surface area (TPSA) is 69.8 Å². The highest BCUT2D eigenvalue weighted by Gasteiger charge is 2.17. The molecular formula is C18H26N4O. The molecule has 1 aromatic carbocycles. The van der Waals surface area contributed by atoms with Gasteiger partial charge in [0, 0.05) is 16.8 Å². The first kappa shape index (κ1) is 17.1. The minimum absolute atomic E-state index is 0.0355. The molecular weight excluding hydrogens is 288 g/mol. The molecule has 0 saturated carbocycles. The fourth-order valence-electron chi connectivity index (χ4n) is 2.09. The van der Waals surface area contributed by atoms with Crippen LogP contribution in [0.4, 0.5) is 16.4 Å². The Morgan fingerprint density at radius 1 is 0.957 bits per heavy atom. The van der Waals surface area contributed by atoms with E-state index in [-0.39, 0.29) is 16.9 Å². The number of anilines is 2. The van der Waals surface area contributed by atoms with Gasteiger partial charge >= 0.3 is 6.03 Å². The highest BCUT2D eigenvalue weighted by molar-refractivity contribution is 5.98. The molecule has 0 aliphatic heterocycles. The standard InChI is InChI=1S/C18H26N4O/c1-17(2,3)12-7-9-13(10-8-12)20-16(23)22-15-19-11-14(21-15)18(4,5)6/h7-11H,1-6H3,(H3,19,20,21,22,23). The van der Waals surface area contributed by atoms with Crippen LogP contribution in [0.25, 0.3) is 0 Å². The smallest absolute Gasteiger partial charge is 0.326 e. The molecule has 0 aliphatic rings. The number of hydrogen-bond donors (Lipinski definition) is 3. The highest BCUT2D eigenvalue weighted by atomic mass is 16.2. The van der Waals surface area contributed by atoms with Crippen molar-refractivity contribution in [3.05, 3.63) is 41.7 Å². The van der Waals surface area contributed by atoms with Gasteiger partial charge in [0.1, 0.15) is 0 Å². The largest absolute Gasteiger partial charge is 0.327 e. The van der Waals surface area contributed by atoms with Gasteiger partial charge in [0.25, 0.3) is 0 Å². The van der Waals surface area contributed by atoms with Crippen LogP contribution in [0, 0.1) is 0 Å². The molecule has 0 bridgehead atoms. The molecule has 0 radical (unpaired) electrons. The van der Waals surface area contributed by atoms with Crippen LogP contribution in [0.2, 0.25) is 0 Å². The van der Waals surface area contributed by atoms with E-state index in [4.69, 9.17) is 0 Å². The molecule has 2 rings (SSSR count). The summed E-state index contributed by atoms with van der Waals surface area (Å²) in [7, 11) is 0. The van der Waals surface area contributed by atoms with Gasteiger partial charge in [-0.05, 0) is 23.1 Å². The third-order valence-corrected chi connectivity index (χ3v) is 3.62. The lowest BCUT2D eigenvalue weighted by molar-refractivity contribution is 0.262. The second-order valence-electron chi connectivity index (χ2n) is 7.80. The fourth-order valence-corrected chi connectivity index (χ4v) is 2.09. The van der Waals surface area contributed by atoms with E-state index >= 15 is 0 Å². The third-order valence-electron chi connectivity index (χ3n) is 3.62. The van der Waals surface area contributed by atoms with Crippen molar-refractivity contribution in [3.8, 4) is 0 Å². The first-order valence-electron chi connectivity index (χ1n) is 7.80. The molecule has 1 aromatic heterocycles. The van der Waals surface area contributed by atoms with Crippen molar-refractivity contribution in [1.82, 2.24) is 9.97 Å². The summed E-state index contributed by atoms with van der Waals surface area (Å²) in [4.78, 5) is 19.3. The number of hydrogen-bond acceptors (Lipinski definition) is 2. The van der Waals surface area contributed by atoms with E-state index in [1.54, 1.807) is 6.20 Å². The lowest BCUT2D eigenvalue weighted by atomic mass is 9.87. The van der Waals surface area contributed by atoms with Crippen LogP contribution in [0.3, 0.4) is 0 Å². The summed E-state index contributed by atoms with van der Waals surface area (Å²) in [6.45, 7) is 12.7. The van der Waals surface area contributed by atoms with Crippen molar-refractivity contribution in [3.63, 3.8) is 0 Å². The van der Waals surface area contributed by atoms with Crippen molar-refractivity contribution < 1.29 is 4.79 Å². The second-order valence-corrected chi connectivity index (χ2v) is 7.80. The summed E-state index contributed by atoms with van der Waals surface area (Å²) in [5.74, 6) is 0.443. The molecule has 0 atom stereocenters. The number of aromatic amines is 1. The number of benzene rings is 1. The maximum absolute atomic E-state index is 12.0. The van der Waals surface area contributed by atoms with E-state index in [9.17, 15) is 4.79 Å². The van der Waals surface area contributed by atoms with Crippen molar-refractivity contribution >= 4 is 17.7 Å². The second kappa shape index (κ2) is 6.07. The first-order chi connectivity index (χ1) is 10.6. The number of H-pyrrole nitrogens is 1. The maximum atomic E-state index is 12.0. The van der Waals surface area contributed by atoms with Crippen molar-refractivity contribution in [2.75, 3.05) is 10.6 Å². The molecule has 0 unspecified atom stereocenters. The summed E-state index contributed by atoms with van der Waals surface area (Å²) in [5.41, 5.74) is 3.01. The van der Waals surface area contributed by atoms with Gasteiger partial charge in [-0.25, -0.2) is 9.78 Å². The molecule has 5 nitrogen and oxygen atoms in total. The van der Waals surface area contributed by atoms with Gasteiger partial charge in [-0.3, -0.25) is 5.32 Å². The monoisotopic (exact) mass is 314 g/mol. The predicted molar refractivity (Wildman–Crippen MR) is 95.1 cm³/mol. The van der Waals surface area contributed by atoms with Gasteiger partial charge in [-0.15, -0.1) is 0 Å². The molecule has 0 spiro atoms. The SMILES string of the molecule is CC(C)(C)c1ccc(NC(=O)Nc2ncc(C(C)(C)C)[nH]2)cc1. The van der Waals surface area contributed by atoms with Crippen molar-refractivity contribution in [2.24, 2.45) is 0 Å². The first-order valence-corrected chi connectivity index (χ1v) is 7.80. The molecule has 0 fully saturated rings. The molecule has 5 heteroatoms. The maximum Gasteiger partial charge on any atom is 0.326 e. The number of nitrogens with zero attached hydrogens (tertiary/aromatic N) is 1. The van der Waals surface area contributed by atoms with E-state index in [1.165, 1.54) is 5.56 Å². The average Bonchev–Trinajstić information content (AvgIpc) is 2.86. The number of carbonyl (C=O) groups excluding carboxylic acids is 1. The van der Waals surface area contributed by atoms with Crippen LogP contribution in [-0.2, 0) is 10.8 Å². The van der Waals surface area contributed by atoms with Gasteiger partial charge in [0.2, 0.25) is 5.95 Å². The normalized spacial score (nSPS) is 12.1. The van der Waals surface area contributed by atoms with Crippen LogP contribution in [0.15, 0.2) is 30.5 Å². The Morgan fingerprint density at radius 3 is 2.04 bits per heavy atom. The van der Waals surface area contributed by atoms with Crippen molar-refractivity contribution in [1.29, 1.82) is 0 Å². The zero-order chi connectivity index (χ0) is 17.3. The quantitative estimate of drug-likeness (QED) is 0.755. The Balaban J connectivity index is 1.98. The molecule has 2 aromatic rings. The fraction of sp³-hybridized carbons (Fsp3) is 0.444. The summed E-state index contributed by atoms with van der Waals surface area (Å²) in [6, 6.07) is 7.55. The number of amides is 2. The van der Waals surface area contributed by atoms with E-state index < -0.39 is 0 Å². The zero-order valence-corrected chi connectivity index (χ0v) is 14.7. The zero-order valence-electron chi connectivity index (χ0n) is 14.7. The lowest BCUT2D eigenvalue weighted by Gasteiger charge is -2.19. The Labute approximate surface area is 137 Å². The lowest BCUT2D eigenvalue weighted by Crippen LogP contribution is -2.20. The summed E-state index contributed by atoms with van der Waals surface area (Å²) >= 11 is 0. The van der Waals surface area contributed by atoms with Gasteiger partial charge < -0.3 is 10.3 Å². The minimum atomic E-state index is -0.316. The van der Waals surface area contributed by atoms with E-state index in [1.807, 2.05) is 24.3 Å². The molecule has 3 N–H and O–H groups in total. The number of nitrogens with one attached hydrogen (secondary N) is 3. The van der Waals surface area contributed by atoms with Crippen molar-refractivity contribution in [2.45, 2.75) is 52.4 Å². The van der Waals surface area contributed by atoms with Crippen LogP contribution in [-0.4, -0.2) is 16.0 Å². The number of imidazole rings is 1. The molecule has 0 aliphatic carbocycles.